The Kier molecular flexibility index (Phi) is 18.4. The molecule has 0 saturated heterocycles. The van der Waals surface area contributed by atoms with Crippen molar-refractivity contribution in [3.05, 3.63) is 11.6 Å². The Bertz CT molecular complexity index is 214. The lowest BCUT2D eigenvalue weighted by atomic mass is 10.1. The molecule has 0 amide bonds. The van der Waals surface area contributed by atoms with Gasteiger partial charge in [0, 0.05) is 18.8 Å². The summed E-state index contributed by atoms with van der Waals surface area (Å²) in [5.74, 6) is -0.845. The summed E-state index contributed by atoms with van der Waals surface area (Å²) in [6.45, 7) is 3.93. The fourth-order valence-electron chi connectivity index (χ4n) is 1.41. The molecule has 0 spiro atoms. The number of carboxylic acids is 1. The SMILES string of the molecule is CC=C(C)C(=O)O.OCCCCCCCCCCO. The van der Waals surface area contributed by atoms with Crippen molar-refractivity contribution in [1.82, 2.24) is 0 Å². The number of aliphatic carboxylic acids is 1. The third-order valence-corrected chi connectivity index (χ3v) is 2.84. The first-order chi connectivity index (χ1) is 9.09. The zero-order valence-corrected chi connectivity index (χ0v) is 12.4. The standard InChI is InChI=1S/C10H22O2.C5H8O2/c11-9-7-5-3-1-2-4-6-8-10-12;1-3-4(2)5(6)7/h11-12H,1-10H2;3H,1-2H3,(H,6,7). The number of unbranched alkanes of at least 4 members (excludes halogenated alkanes) is 7. The van der Waals surface area contributed by atoms with Gasteiger partial charge in [0.25, 0.3) is 0 Å². The molecule has 0 aliphatic heterocycles. The number of hydrogen-bond acceptors (Lipinski definition) is 3. The Morgan fingerprint density at radius 1 is 0.842 bits per heavy atom. The van der Waals surface area contributed by atoms with Gasteiger partial charge >= 0.3 is 5.97 Å². The van der Waals surface area contributed by atoms with Crippen LogP contribution in [0.1, 0.15) is 65.2 Å². The van der Waals surface area contributed by atoms with Crippen molar-refractivity contribution in [2.45, 2.75) is 65.2 Å². The quantitative estimate of drug-likeness (QED) is 0.422. The third kappa shape index (κ3) is 19.6. The molecule has 19 heavy (non-hydrogen) atoms. The first-order valence-corrected chi connectivity index (χ1v) is 7.18. The number of allylic oxidation sites excluding steroid dienone is 1. The Hall–Kier alpha value is -0.870. The molecule has 0 radical (unpaired) electrons. The van der Waals surface area contributed by atoms with E-state index in [1.54, 1.807) is 19.9 Å². The third-order valence-electron chi connectivity index (χ3n) is 2.84. The fraction of sp³-hybridized carbons (Fsp3) is 0.800. The molecule has 0 aliphatic carbocycles. The molecule has 0 fully saturated rings. The van der Waals surface area contributed by atoms with E-state index in [1.165, 1.54) is 25.7 Å². The van der Waals surface area contributed by atoms with E-state index < -0.39 is 5.97 Å². The minimum absolute atomic E-state index is 0.338. The Labute approximate surface area is 117 Å². The number of aliphatic hydroxyl groups excluding tert-OH is 2. The van der Waals surface area contributed by atoms with Crippen LogP contribution in [0.3, 0.4) is 0 Å². The first kappa shape index (κ1) is 20.4. The predicted octanol–water partition coefficient (Wildman–Crippen LogP) is 3.13. The molecule has 4 nitrogen and oxygen atoms in total. The van der Waals surface area contributed by atoms with Gasteiger partial charge in [-0.3, -0.25) is 0 Å². The van der Waals surface area contributed by atoms with Gasteiger partial charge in [0.05, 0.1) is 0 Å². The molecule has 0 saturated carbocycles. The number of rotatable bonds is 10. The molecule has 0 aromatic heterocycles. The van der Waals surface area contributed by atoms with Gasteiger partial charge in [0.2, 0.25) is 0 Å². The average Bonchev–Trinajstić information content (AvgIpc) is 2.41. The van der Waals surface area contributed by atoms with E-state index in [9.17, 15) is 4.79 Å². The first-order valence-electron chi connectivity index (χ1n) is 7.18. The predicted molar refractivity (Wildman–Crippen MR) is 78.2 cm³/mol. The highest BCUT2D eigenvalue weighted by Gasteiger charge is 1.93. The summed E-state index contributed by atoms with van der Waals surface area (Å²) in [4.78, 5) is 9.86. The number of aliphatic hydroxyl groups is 2. The summed E-state index contributed by atoms with van der Waals surface area (Å²) < 4.78 is 0. The van der Waals surface area contributed by atoms with Crippen LogP contribution in [-0.2, 0) is 4.79 Å². The summed E-state index contributed by atoms with van der Waals surface area (Å²) >= 11 is 0. The van der Waals surface area contributed by atoms with E-state index in [4.69, 9.17) is 15.3 Å². The van der Waals surface area contributed by atoms with Crippen molar-refractivity contribution in [3.63, 3.8) is 0 Å². The maximum atomic E-state index is 9.86. The summed E-state index contributed by atoms with van der Waals surface area (Å²) in [6.07, 6.45) is 10.9. The number of carboxylic acid groups (broad SMARTS) is 1. The second-order valence-electron chi connectivity index (χ2n) is 4.55. The highest BCUT2D eigenvalue weighted by Crippen LogP contribution is 2.07. The molecule has 0 heterocycles. The van der Waals surface area contributed by atoms with Crippen LogP contribution < -0.4 is 0 Å². The van der Waals surface area contributed by atoms with Crippen LogP contribution in [0.2, 0.25) is 0 Å². The lowest BCUT2D eigenvalue weighted by molar-refractivity contribution is -0.132. The van der Waals surface area contributed by atoms with Crippen molar-refractivity contribution in [2.24, 2.45) is 0 Å². The van der Waals surface area contributed by atoms with Gasteiger partial charge in [0.15, 0.2) is 0 Å². The minimum Gasteiger partial charge on any atom is -0.478 e. The lowest BCUT2D eigenvalue weighted by Gasteiger charge is -1.99. The van der Waals surface area contributed by atoms with Gasteiger partial charge in [-0.05, 0) is 26.7 Å². The summed E-state index contributed by atoms with van der Waals surface area (Å²) in [6, 6.07) is 0. The van der Waals surface area contributed by atoms with Crippen molar-refractivity contribution < 1.29 is 20.1 Å². The van der Waals surface area contributed by atoms with E-state index in [1.807, 2.05) is 0 Å². The van der Waals surface area contributed by atoms with Gasteiger partial charge in [-0.15, -0.1) is 0 Å². The van der Waals surface area contributed by atoms with Gasteiger partial charge in [0.1, 0.15) is 0 Å². The number of hydrogen-bond donors (Lipinski definition) is 3. The zero-order valence-electron chi connectivity index (χ0n) is 12.4. The van der Waals surface area contributed by atoms with E-state index in [0.29, 0.717) is 18.8 Å². The Balaban J connectivity index is 0. The van der Waals surface area contributed by atoms with E-state index in [-0.39, 0.29) is 0 Å². The molecule has 0 aliphatic rings. The van der Waals surface area contributed by atoms with Crippen molar-refractivity contribution >= 4 is 5.97 Å². The highest BCUT2D eigenvalue weighted by molar-refractivity contribution is 5.85. The number of carbonyl (C=O) groups is 1. The molecule has 3 N–H and O–H groups in total. The monoisotopic (exact) mass is 274 g/mol. The minimum atomic E-state index is -0.845. The van der Waals surface area contributed by atoms with Gasteiger partial charge in [-0.1, -0.05) is 44.6 Å². The van der Waals surface area contributed by atoms with Crippen LogP contribution in [0, 0.1) is 0 Å². The van der Waals surface area contributed by atoms with Crippen LogP contribution in [0.5, 0.6) is 0 Å². The average molecular weight is 274 g/mol. The summed E-state index contributed by atoms with van der Waals surface area (Å²) in [7, 11) is 0. The van der Waals surface area contributed by atoms with Crippen LogP contribution in [0.4, 0.5) is 0 Å². The Morgan fingerprint density at radius 3 is 1.32 bits per heavy atom. The van der Waals surface area contributed by atoms with E-state index in [2.05, 4.69) is 0 Å². The van der Waals surface area contributed by atoms with Crippen molar-refractivity contribution in [3.8, 4) is 0 Å². The lowest BCUT2D eigenvalue weighted by Crippen LogP contribution is -1.93. The van der Waals surface area contributed by atoms with Crippen LogP contribution in [0.25, 0.3) is 0 Å². The van der Waals surface area contributed by atoms with Crippen LogP contribution >= 0.6 is 0 Å². The molecule has 0 atom stereocenters. The van der Waals surface area contributed by atoms with Gasteiger partial charge < -0.3 is 15.3 Å². The largest absolute Gasteiger partial charge is 0.478 e. The Morgan fingerprint density at radius 2 is 1.16 bits per heavy atom. The second-order valence-corrected chi connectivity index (χ2v) is 4.55. The second kappa shape index (κ2) is 17.1. The molecule has 4 heteroatoms. The summed E-state index contributed by atoms with van der Waals surface area (Å²) in [5, 5.41) is 25.1. The maximum absolute atomic E-state index is 9.86. The molecule has 0 aromatic carbocycles. The summed E-state index contributed by atoms with van der Waals surface area (Å²) in [5.41, 5.74) is 0.389. The molecular weight excluding hydrogens is 244 g/mol. The molecule has 114 valence electrons. The van der Waals surface area contributed by atoms with Crippen LogP contribution in [0.15, 0.2) is 11.6 Å². The van der Waals surface area contributed by atoms with E-state index >= 15 is 0 Å². The van der Waals surface area contributed by atoms with Crippen molar-refractivity contribution in [2.75, 3.05) is 13.2 Å². The fourth-order valence-corrected chi connectivity index (χ4v) is 1.41. The molecule has 0 rings (SSSR count). The molecular formula is C15H30O4. The topological polar surface area (TPSA) is 77.8 Å². The molecule has 0 unspecified atom stereocenters. The normalized spacial score (nSPS) is 10.8. The smallest absolute Gasteiger partial charge is 0.330 e. The maximum Gasteiger partial charge on any atom is 0.330 e. The van der Waals surface area contributed by atoms with Crippen molar-refractivity contribution in [1.29, 1.82) is 0 Å². The van der Waals surface area contributed by atoms with Crippen LogP contribution in [-0.4, -0.2) is 34.5 Å². The van der Waals surface area contributed by atoms with E-state index in [0.717, 1.165) is 25.7 Å². The molecule has 0 bridgehead atoms. The zero-order chi connectivity index (χ0) is 14.9. The highest BCUT2D eigenvalue weighted by atomic mass is 16.4. The van der Waals surface area contributed by atoms with Gasteiger partial charge in [-0.25, -0.2) is 4.79 Å². The van der Waals surface area contributed by atoms with Gasteiger partial charge in [-0.2, -0.15) is 0 Å². The molecule has 0 aromatic rings.